The zero-order chi connectivity index (χ0) is 28.8. The lowest BCUT2D eigenvalue weighted by molar-refractivity contribution is 0.0753. The van der Waals surface area contributed by atoms with Crippen molar-refractivity contribution in [1.29, 1.82) is 5.26 Å². The van der Waals surface area contributed by atoms with Crippen LogP contribution in [0.3, 0.4) is 0 Å². The molecule has 5 aromatic rings. The summed E-state index contributed by atoms with van der Waals surface area (Å²) in [6.45, 7) is 12.6. The van der Waals surface area contributed by atoms with Crippen LogP contribution in [-0.4, -0.2) is 47.7 Å². The molecule has 1 saturated carbocycles. The SMILES string of the molecule is C[Si](C)(C)O[C@]1(C#N)C[C@H]2C[C@@H]1n1c3ccccc3c3c4c(c5c6ccccc6n2c5c31)C(=O)N([Si](C)(C)C)C4=O. The molecular weight excluding hydrogens is 545 g/mol. The molecule has 41 heavy (non-hydrogen) atoms. The highest BCUT2D eigenvalue weighted by atomic mass is 28.4. The van der Waals surface area contributed by atoms with Crippen LogP contribution in [0.4, 0.5) is 0 Å². The van der Waals surface area contributed by atoms with E-state index in [0.29, 0.717) is 17.5 Å². The number of nitriles is 1. The van der Waals surface area contributed by atoms with Crippen molar-refractivity contribution in [1.82, 2.24) is 13.7 Å². The van der Waals surface area contributed by atoms with E-state index in [1.54, 1.807) is 4.57 Å². The summed E-state index contributed by atoms with van der Waals surface area (Å²) >= 11 is 0. The van der Waals surface area contributed by atoms with Crippen molar-refractivity contribution in [2.45, 2.75) is 69.8 Å². The van der Waals surface area contributed by atoms with E-state index >= 15 is 0 Å². The summed E-state index contributed by atoms with van der Waals surface area (Å²) in [5.41, 5.74) is 4.02. The number of hydrogen-bond donors (Lipinski definition) is 0. The molecule has 206 valence electrons. The van der Waals surface area contributed by atoms with Gasteiger partial charge in [-0.3, -0.25) is 9.59 Å². The van der Waals surface area contributed by atoms with Gasteiger partial charge in [0.25, 0.3) is 11.8 Å². The van der Waals surface area contributed by atoms with E-state index in [9.17, 15) is 14.9 Å². The highest BCUT2D eigenvalue weighted by Gasteiger charge is 2.56. The number of benzene rings is 3. The zero-order valence-corrected chi connectivity index (χ0v) is 26.2. The van der Waals surface area contributed by atoms with E-state index in [-0.39, 0.29) is 23.9 Å². The van der Waals surface area contributed by atoms with E-state index in [4.69, 9.17) is 4.43 Å². The van der Waals surface area contributed by atoms with Crippen LogP contribution in [0.1, 0.15) is 45.6 Å². The number of aromatic nitrogens is 2. The quantitative estimate of drug-likeness (QED) is 0.166. The summed E-state index contributed by atoms with van der Waals surface area (Å²) in [6.07, 6.45) is 1.31. The molecule has 4 heterocycles. The van der Waals surface area contributed by atoms with Gasteiger partial charge in [0.05, 0.1) is 34.3 Å². The number of hydrogen-bond acceptors (Lipinski definition) is 4. The van der Waals surface area contributed by atoms with Crippen LogP contribution in [-0.2, 0) is 4.43 Å². The lowest BCUT2D eigenvalue weighted by atomic mass is 9.95. The van der Waals surface area contributed by atoms with Crippen molar-refractivity contribution in [3.05, 3.63) is 59.7 Å². The van der Waals surface area contributed by atoms with Crippen molar-refractivity contribution in [3.63, 3.8) is 0 Å². The van der Waals surface area contributed by atoms with E-state index in [0.717, 1.165) is 50.0 Å². The Bertz CT molecular complexity index is 2090. The molecular formula is C32H32N4O3Si2. The third kappa shape index (κ3) is 2.95. The van der Waals surface area contributed by atoms with Gasteiger partial charge in [-0.25, -0.2) is 0 Å². The molecule has 0 unspecified atom stereocenters. The first-order valence-corrected chi connectivity index (χ1v) is 21.2. The van der Waals surface area contributed by atoms with Gasteiger partial charge in [-0.2, -0.15) is 5.26 Å². The van der Waals surface area contributed by atoms with Crippen molar-refractivity contribution in [3.8, 4) is 6.07 Å². The predicted octanol–water partition coefficient (Wildman–Crippen LogP) is 7.34. The summed E-state index contributed by atoms with van der Waals surface area (Å²) in [7, 11) is -4.47. The molecule has 3 aromatic carbocycles. The second-order valence-corrected chi connectivity index (χ2v) is 23.1. The molecule has 0 spiro atoms. The standard InChI is InChI=1S/C32H32N4O3Si2/c1-40(2,3)36-30(37)26-24-19-11-7-9-13-21(19)34-18-15-23(32(16-18,17-33)39-41(4,5)6)35-22-14-10-8-12-20(22)25(27(26)31(36)38)29(35)28(24)34/h7-14,18,23H,15-16H2,1-6H3/t18-,23+,32+/m1/s1. The summed E-state index contributed by atoms with van der Waals surface area (Å²) in [6, 6.07) is 18.9. The van der Waals surface area contributed by atoms with Gasteiger partial charge in [0, 0.05) is 45.0 Å². The normalized spacial score (nSPS) is 23.9. The Morgan fingerprint density at radius 3 is 1.85 bits per heavy atom. The molecule has 2 aliphatic heterocycles. The smallest absolute Gasteiger partial charge is 0.254 e. The fourth-order valence-corrected chi connectivity index (χ4v) is 10.9. The van der Waals surface area contributed by atoms with Crippen LogP contribution in [0.5, 0.6) is 0 Å². The number of carbonyl (C=O) groups is 2. The molecule has 2 amide bonds. The summed E-state index contributed by atoms with van der Waals surface area (Å²) in [4.78, 5) is 28.7. The maximum atomic E-state index is 14.4. The van der Waals surface area contributed by atoms with E-state index < -0.39 is 22.2 Å². The Labute approximate surface area is 240 Å². The number of nitrogens with zero attached hydrogens (tertiary/aromatic N) is 4. The number of para-hydroxylation sites is 2. The van der Waals surface area contributed by atoms with Crippen molar-refractivity contribution >= 4 is 72.0 Å². The number of carbonyl (C=O) groups excluding carboxylic acids is 2. The molecule has 3 aliphatic rings. The lowest BCUT2D eigenvalue weighted by Gasteiger charge is -2.37. The summed E-state index contributed by atoms with van der Waals surface area (Å²) in [5, 5.41) is 14.5. The molecule has 2 bridgehead atoms. The molecule has 3 atom stereocenters. The minimum absolute atomic E-state index is 0.0126. The summed E-state index contributed by atoms with van der Waals surface area (Å²) in [5.74, 6) is -0.362. The third-order valence-corrected chi connectivity index (χ3v) is 12.0. The van der Waals surface area contributed by atoms with Gasteiger partial charge in [0.1, 0.15) is 0 Å². The van der Waals surface area contributed by atoms with Crippen molar-refractivity contribution in [2.75, 3.05) is 0 Å². The summed E-state index contributed by atoms with van der Waals surface area (Å²) < 4.78 is 13.1. The largest absolute Gasteiger partial charge is 0.398 e. The second-order valence-electron chi connectivity index (χ2n) is 13.9. The van der Waals surface area contributed by atoms with Crippen LogP contribution in [0.15, 0.2) is 48.5 Å². The van der Waals surface area contributed by atoms with Crippen LogP contribution in [0, 0.1) is 11.3 Å². The molecule has 7 nitrogen and oxygen atoms in total. The number of fused-ring (bicyclic) bond motifs is 13. The van der Waals surface area contributed by atoms with Crippen molar-refractivity contribution in [2.24, 2.45) is 0 Å². The van der Waals surface area contributed by atoms with Gasteiger partial charge >= 0.3 is 0 Å². The molecule has 2 aromatic heterocycles. The zero-order valence-electron chi connectivity index (χ0n) is 24.2. The second kappa shape index (κ2) is 7.56. The van der Waals surface area contributed by atoms with Gasteiger partial charge in [0.15, 0.2) is 22.2 Å². The van der Waals surface area contributed by atoms with Gasteiger partial charge in [0.2, 0.25) is 0 Å². The Morgan fingerprint density at radius 2 is 1.34 bits per heavy atom. The topological polar surface area (TPSA) is 80.3 Å². The Hall–Kier alpha value is -3.72. The average molecular weight is 577 g/mol. The minimum atomic E-state index is -2.35. The van der Waals surface area contributed by atoms with Gasteiger partial charge in [-0.1, -0.05) is 56.0 Å². The Balaban J connectivity index is 1.65. The molecule has 8 rings (SSSR count). The highest BCUT2D eigenvalue weighted by Crippen LogP contribution is 2.58. The van der Waals surface area contributed by atoms with Gasteiger partial charge in [-0.05, 0) is 38.2 Å². The maximum absolute atomic E-state index is 14.4. The van der Waals surface area contributed by atoms with E-state index in [1.165, 1.54) is 0 Å². The molecule has 0 saturated heterocycles. The maximum Gasteiger partial charge on any atom is 0.254 e. The van der Waals surface area contributed by atoms with Crippen LogP contribution in [0.25, 0.3) is 43.6 Å². The first kappa shape index (κ1) is 25.0. The molecule has 9 heteroatoms. The van der Waals surface area contributed by atoms with Gasteiger partial charge < -0.3 is 18.1 Å². The molecule has 1 aliphatic carbocycles. The lowest BCUT2D eigenvalue weighted by Crippen LogP contribution is -2.49. The van der Waals surface area contributed by atoms with Gasteiger partial charge in [-0.15, -0.1) is 0 Å². The predicted molar refractivity (Wildman–Crippen MR) is 166 cm³/mol. The third-order valence-electron chi connectivity index (χ3n) is 9.23. The minimum Gasteiger partial charge on any atom is -0.398 e. The number of rotatable bonds is 3. The van der Waals surface area contributed by atoms with E-state index in [1.807, 2.05) is 43.9 Å². The van der Waals surface area contributed by atoms with Crippen LogP contribution >= 0.6 is 0 Å². The molecule has 0 radical (unpaired) electrons. The number of imide groups is 1. The fourth-order valence-electron chi connectivity index (χ4n) is 8.13. The molecule has 1 fully saturated rings. The Morgan fingerprint density at radius 1 is 0.829 bits per heavy atom. The number of amides is 2. The first-order chi connectivity index (χ1) is 19.4. The Kier molecular flexibility index (Phi) is 4.62. The van der Waals surface area contributed by atoms with E-state index in [2.05, 4.69) is 59.1 Å². The molecule has 0 N–H and O–H groups in total. The fraction of sp³-hybridized carbons (Fsp3) is 0.344. The first-order valence-electron chi connectivity index (χ1n) is 14.4. The average Bonchev–Trinajstić information content (AvgIpc) is 3.56. The highest BCUT2D eigenvalue weighted by molar-refractivity contribution is 6.79. The van der Waals surface area contributed by atoms with Crippen LogP contribution in [0.2, 0.25) is 39.3 Å². The van der Waals surface area contributed by atoms with Crippen molar-refractivity contribution < 1.29 is 14.0 Å². The van der Waals surface area contributed by atoms with Crippen LogP contribution < -0.4 is 0 Å². The monoisotopic (exact) mass is 576 g/mol.